The van der Waals surface area contributed by atoms with Crippen molar-refractivity contribution >= 4 is 11.5 Å². The predicted molar refractivity (Wildman–Crippen MR) is 75.8 cm³/mol. The van der Waals surface area contributed by atoms with Gasteiger partial charge in [0.2, 0.25) is 5.65 Å². The van der Waals surface area contributed by atoms with E-state index < -0.39 is 0 Å². The van der Waals surface area contributed by atoms with Gasteiger partial charge in [-0.25, -0.2) is 4.98 Å². The zero-order valence-corrected chi connectivity index (χ0v) is 11.8. The molecule has 2 rings (SSSR count). The molecule has 0 aromatic carbocycles. The highest BCUT2D eigenvalue weighted by Crippen LogP contribution is 2.18. The highest BCUT2D eigenvalue weighted by atomic mass is 16.5. The molecule has 0 saturated carbocycles. The van der Waals surface area contributed by atoms with Crippen molar-refractivity contribution in [2.45, 2.75) is 13.3 Å². The van der Waals surface area contributed by atoms with E-state index in [0.717, 1.165) is 31.0 Å². The van der Waals surface area contributed by atoms with E-state index in [1.165, 1.54) is 0 Å². The summed E-state index contributed by atoms with van der Waals surface area (Å²) in [5.41, 5.74) is 0.751. The lowest BCUT2D eigenvalue weighted by Gasteiger charge is -2.12. The van der Waals surface area contributed by atoms with Gasteiger partial charge in [-0.1, -0.05) is 6.92 Å². The molecule has 2 heterocycles. The molecule has 0 aliphatic rings. The molecular weight excluding hydrogens is 242 g/mol. The fourth-order valence-electron chi connectivity index (χ4n) is 1.66. The molecule has 0 amide bonds. The van der Waals surface area contributed by atoms with Gasteiger partial charge in [0.25, 0.3) is 5.88 Å². The Kier molecular flexibility index (Phi) is 4.57. The van der Waals surface area contributed by atoms with Gasteiger partial charge >= 0.3 is 0 Å². The summed E-state index contributed by atoms with van der Waals surface area (Å²) in [6.45, 7) is 4.46. The highest BCUT2D eigenvalue weighted by Gasteiger charge is 2.08. The third-order valence-electron chi connectivity index (χ3n) is 2.68. The van der Waals surface area contributed by atoms with E-state index in [0.29, 0.717) is 12.5 Å². The van der Waals surface area contributed by atoms with E-state index >= 15 is 0 Å². The van der Waals surface area contributed by atoms with Gasteiger partial charge in [-0.15, -0.1) is 0 Å². The SMILES string of the molecule is CCCNc1cn2ccnc2c(OCCN(C)C)n1. The summed E-state index contributed by atoms with van der Waals surface area (Å²) in [4.78, 5) is 10.8. The van der Waals surface area contributed by atoms with Gasteiger partial charge in [0.15, 0.2) is 0 Å². The lowest BCUT2D eigenvalue weighted by Crippen LogP contribution is -2.20. The summed E-state index contributed by atoms with van der Waals surface area (Å²) in [6, 6.07) is 0. The van der Waals surface area contributed by atoms with Gasteiger partial charge in [0.05, 0.1) is 6.20 Å². The Labute approximate surface area is 113 Å². The van der Waals surface area contributed by atoms with Gasteiger partial charge in [0, 0.05) is 25.5 Å². The van der Waals surface area contributed by atoms with Crippen LogP contribution in [0.15, 0.2) is 18.6 Å². The molecule has 0 bridgehead atoms. The maximum Gasteiger partial charge on any atom is 0.260 e. The molecule has 0 atom stereocenters. The molecule has 0 radical (unpaired) electrons. The number of fused-ring (bicyclic) bond motifs is 1. The minimum Gasteiger partial charge on any atom is -0.474 e. The topological polar surface area (TPSA) is 54.7 Å². The standard InChI is InChI=1S/C13H21N5O/c1-4-5-14-11-10-18-7-6-15-12(18)13(16-11)19-9-8-17(2)3/h6-7,10,14H,4-5,8-9H2,1-3H3. The van der Waals surface area contributed by atoms with Crippen molar-refractivity contribution in [3.63, 3.8) is 0 Å². The summed E-state index contributed by atoms with van der Waals surface area (Å²) in [6.07, 6.45) is 6.63. The lowest BCUT2D eigenvalue weighted by molar-refractivity contribution is 0.255. The van der Waals surface area contributed by atoms with Crippen molar-refractivity contribution in [2.75, 3.05) is 39.1 Å². The van der Waals surface area contributed by atoms with Crippen LogP contribution in [-0.2, 0) is 0 Å². The van der Waals surface area contributed by atoms with Crippen molar-refractivity contribution in [1.29, 1.82) is 0 Å². The Morgan fingerprint density at radius 1 is 1.42 bits per heavy atom. The van der Waals surface area contributed by atoms with E-state index in [1.807, 2.05) is 30.9 Å². The molecule has 6 nitrogen and oxygen atoms in total. The van der Waals surface area contributed by atoms with Crippen LogP contribution in [0.25, 0.3) is 5.65 Å². The third-order valence-corrected chi connectivity index (χ3v) is 2.68. The summed E-state index contributed by atoms with van der Waals surface area (Å²) in [5, 5.41) is 3.27. The second-order valence-electron chi connectivity index (χ2n) is 4.67. The second kappa shape index (κ2) is 6.38. The molecular formula is C13H21N5O. The first-order valence-electron chi connectivity index (χ1n) is 6.56. The number of hydrogen-bond donors (Lipinski definition) is 1. The van der Waals surface area contributed by atoms with Crippen molar-refractivity contribution in [3.05, 3.63) is 18.6 Å². The molecule has 1 N–H and O–H groups in total. The van der Waals surface area contributed by atoms with Crippen LogP contribution in [0.5, 0.6) is 5.88 Å². The van der Waals surface area contributed by atoms with Crippen LogP contribution < -0.4 is 10.1 Å². The molecule has 104 valence electrons. The van der Waals surface area contributed by atoms with Crippen LogP contribution in [0.2, 0.25) is 0 Å². The maximum absolute atomic E-state index is 5.73. The largest absolute Gasteiger partial charge is 0.474 e. The molecule has 6 heteroatoms. The van der Waals surface area contributed by atoms with Crippen LogP contribution in [0.1, 0.15) is 13.3 Å². The quantitative estimate of drug-likeness (QED) is 0.820. The highest BCUT2D eigenvalue weighted by molar-refractivity contribution is 5.53. The molecule has 0 fully saturated rings. The van der Waals surface area contributed by atoms with Gasteiger partial charge < -0.3 is 15.0 Å². The van der Waals surface area contributed by atoms with E-state index in [-0.39, 0.29) is 0 Å². The first-order chi connectivity index (χ1) is 9.20. The number of rotatable bonds is 7. The van der Waals surface area contributed by atoms with Crippen LogP contribution in [0.3, 0.4) is 0 Å². The van der Waals surface area contributed by atoms with Crippen molar-refractivity contribution in [3.8, 4) is 5.88 Å². The van der Waals surface area contributed by atoms with Gasteiger partial charge in [0.1, 0.15) is 12.4 Å². The number of nitrogens with zero attached hydrogens (tertiary/aromatic N) is 4. The summed E-state index contributed by atoms with van der Waals surface area (Å²) in [5.74, 6) is 1.39. The molecule has 2 aromatic rings. The number of ether oxygens (including phenoxy) is 1. The van der Waals surface area contributed by atoms with Gasteiger partial charge in [-0.05, 0) is 20.5 Å². The third kappa shape index (κ3) is 3.57. The maximum atomic E-state index is 5.73. The normalized spacial score (nSPS) is 11.2. The smallest absolute Gasteiger partial charge is 0.260 e. The first kappa shape index (κ1) is 13.6. The Balaban J connectivity index is 2.16. The lowest BCUT2D eigenvalue weighted by atomic mass is 10.5. The average molecular weight is 263 g/mol. The minimum atomic E-state index is 0.577. The van der Waals surface area contributed by atoms with Crippen LogP contribution in [-0.4, -0.2) is 53.1 Å². The number of imidazole rings is 1. The predicted octanol–water partition coefficient (Wildman–Crippen LogP) is 1.49. The number of likely N-dealkylation sites (N-methyl/N-ethyl adjacent to an activating group) is 1. The Morgan fingerprint density at radius 2 is 2.26 bits per heavy atom. The van der Waals surface area contributed by atoms with E-state index in [1.54, 1.807) is 6.20 Å². The monoisotopic (exact) mass is 263 g/mol. The van der Waals surface area contributed by atoms with Crippen LogP contribution in [0, 0.1) is 0 Å². The zero-order chi connectivity index (χ0) is 13.7. The van der Waals surface area contributed by atoms with Crippen molar-refractivity contribution in [2.24, 2.45) is 0 Å². The number of aromatic nitrogens is 3. The van der Waals surface area contributed by atoms with E-state index in [9.17, 15) is 0 Å². The van der Waals surface area contributed by atoms with E-state index in [4.69, 9.17) is 4.74 Å². The minimum absolute atomic E-state index is 0.577. The molecule has 2 aromatic heterocycles. The van der Waals surface area contributed by atoms with Gasteiger partial charge in [-0.3, -0.25) is 4.40 Å². The first-order valence-corrected chi connectivity index (χ1v) is 6.56. The number of nitrogens with one attached hydrogen (secondary N) is 1. The summed E-state index contributed by atoms with van der Waals surface area (Å²) in [7, 11) is 4.03. The second-order valence-corrected chi connectivity index (χ2v) is 4.67. The molecule has 0 aliphatic carbocycles. The molecule has 0 saturated heterocycles. The molecule has 0 unspecified atom stereocenters. The fraction of sp³-hybridized carbons (Fsp3) is 0.538. The van der Waals surface area contributed by atoms with E-state index in [2.05, 4.69) is 27.1 Å². The summed E-state index contributed by atoms with van der Waals surface area (Å²) < 4.78 is 7.66. The van der Waals surface area contributed by atoms with Crippen molar-refractivity contribution < 1.29 is 4.74 Å². The van der Waals surface area contributed by atoms with Crippen LogP contribution in [0.4, 0.5) is 5.82 Å². The Morgan fingerprint density at radius 3 is 3.00 bits per heavy atom. The van der Waals surface area contributed by atoms with Gasteiger partial charge in [-0.2, -0.15) is 4.98 Å². The average Bonchev–Trinajstić information content (AvgIpc) is 2.84. The molecule has 19 heavy (non-hydrogen) atoms. The fourth-order valence-corrected chi connectivity index (χ4v) is 1.66. The number of anilines is 1. The molecule has 0 aliphatic heterocycles. The van der Waals surface area contributed by atoms with Crippen LogP contribution >= 0.6 is 0 Å². The molecule has 0 spiro atoms. The Hall–Kier alpha value is -1.82. The van der Waals surface area contributed by atoms with Crippen molar-refractivity contribution in [1.82, 2.24) is 19.3 Å². The number of hydrogen-bond acceptors (Lipinski definition) is 5. The zero-order valence-electron chi connectivity index (χ0n) is 11.8. The summed E-state index contributed by atoms with van der Waals surface area (Å²) >= 11 is 0. The Bertz CT molecular complexity index is 523.